The van der Waals surface area contributed by atoms with E-state index in [1.165, 1.54) is 13.2 Å². The first-order valence-electron chi connectivity index (χ1n) is 5.48. The van der Waals surface area contributed by atoms with Crippen molar-refractivity contribution >= 4 is 5.78 Å². The van der Waals surface area contributed by atoms with E-state index in [0.29, 0.717) is 11.1 Å². The van der Waals surface area contributed by atoms with Gasteiger partial charge in [0.05, 0.1) is 12.7 Å². The molecule has 0 saturated carbocycles. The molecule has 1 heterocycles. The average Bonchev–Trinajstić information content (AvgIpc) is 2.41. The van der Waals surface area contributed by atoms with E-state index >= 15 is 0 Å². The molecule has 0 atom stereocenters. The van der Waals surface area contributed by atoms with Crippen molar-refractivity contribution in [2.24, 2.45) is 0 Å². The maximum atomic E-state index is 13.4. The Balaban J connectivity index is 2.25. The number of hydrogen-bond acceptors (Lipinski definition) is 3. The molecule has 2 aromatic rings. The van der Waals surface area contributed by atoms with Gasteiger partial charge in [0, 0.05) is 12.6 Å². The van der Waals surface area contributed by atoms with Crippen LogP contribution in [0.2, 0.25) is 0 Å². The van der Waals surface area contributed by atoms with Crippen LogP contribution < -0.4 is 4.74 Å². The zero-order chi connectivity index (χ0) is 13.0. The summed E-state index contributed by atoms with van der Waals surface area (Å²) in [6.07, 6.45) is 1.54. The van der Waals surface area contributed by atoms with Crippen molar-refractivity contribution in [2.45, 2.75) is 6.42 Å². The topological polar surface area (TPSA) is 39.2 Å². The van der Waals surface area contributed by atoms with Crippen molar-refractivity contribution < 1.29 is 13.9 Å². The third-order valence-corrected chi connectivity index (χ3v) is 2.57. The summed E-state index contributed by atoms with van der Waals surface area (Å²) in [6, 6.07) is 9.49. The van der Waals surface area contributed by atoms with Crippen molar-refractivity contribution in [3.63, 3.8) is 0 Å². The monoisotopic (exact) mass is 245 g/mol. The molecule has 1 aromatic carbocycles. The third kappa shape index (κ3) is 2.53. The number of pyridine rings is 1. The Morgan fingerprint density at radius 1 is 1.28 bits per heavy atom. The van der Waals surface area contributed by atoms with Gasteiger partial charge in [-0.2, -0.15) is 0 Å². The first-order valence-corrected chi connectivity index (χ1v) is 5.48. The highest BCUT2D eigenvalue weighted by molar-refractivity contribution is 5.99. The minimum Gasteiger partial charge on any atom is -0.480 e. The van der Waals surface area contributed by atoms with E-state index in [1.54, 1.807) is 36.5 Å². The molecular formula is C14H12FNO2. The third-order valence-electron chi connectivity index (χ3n) is 2.57. The van der Waals surface area contributed by atoms with Crippen LogP contribution in [0.4, 0.5) is 4.39 Å². The zero-order valence-corrected chi connectivity index (χ0v) is 9.89. The lowest BCUT2D eigenvalue weighted by Gasteiger charge is -2.06. The molecule has 0 saturated heterocycles. The number of ether oxygens (including phenoxy) is 1. The summed E-state index contributed by atoms with van der Waals surface area (Å²) >= 11 is 0. The van der Waals surface area contributed by atoms with Crippen LogP contribution in [0.5, 0.6) is 5.88 Å². The second kappa shape index (κ2) is 5.40. The Bertz CT molecular complexity index is 569. The van der Waals surface area contributed by atoms with Crippen LogP contribution in [0.1, 0.15) is 15.9 Å². The zero-order valence-electron chi connectivity index (χ0n) is 9.89. The van der Waals surface area contributed by atoms with E-state index in [2.05, 4.69) is 4.98 Å². The van der Waals surface area contributed by atoms with Gasteiger partial charge >= 0.3 is 0 Å². The summed E-state index contributed by atoms with van der Waals surface area (Å²) in [5.74, 6) is -0.336. The van der Waals surface area contributed by atoms with Gasteiger partial charge in [0.15, 0.2) is 5.78 Å². The highest BCUT2D eigenvalue weighted by Crippen LogP contribution is 2.17. The van der Waals surface area contributed by atoms with Crippen molar-refractivity contribution in [3.05, 3.63) is 59.5 Å². The van der Waals surface area contributed by atoms with Crippen LogP contribution in [0.15, 0.2) is 42.6 Å². The SMILES string of the molecule is COc1ncccc1C(=O)Cc1ccccc1F. The van der Waals surface area contributed by atoms with Crippen LogP contribution in [-0.4, -0.2) is 17.9 Å². The number of methoxy groups -OCH3 is 1. The van der Waals surface area contributed by atoms with Crippen LogP contribution in [-0.2, 0) is 6.42 Å². The van der Waals surface area contributed by atoms with E-state index in [4.69, 9.17) is 4.74 Å². The van der Waals surface area contributed by atoms with Crippen LogP contribution in [0.25, 0.3) is 0 Å². The molecule has 0 aliphatic heterocycles. The highest BCUT2D eigenvalue weighted by Gasteiger charge is 2.14. The minimum absolute atomic E-state index is 0.00523. The van der Waals surface area contributed by atoms with Gasteiger partial charge in [-0.3, -0.25) is 4.79 Å². The summed E-state index contributed by atoms with van der Waals surface area (Å²) in [5.41, 5.74) is 0.733. The fourth-order valence-corrected chi connectivity index (χ4v) is 1.68. The van der Waals surface area contributed by atoms with Crippen molar-refractivity contribution in [3.8, 4) is 5.88 Å². The second-order valence-electron chi connectivity index (χ2n) is 3.75. The smallest absolute Gasteiger partial charge is 0.224 e. The number of carbonyl (C=O) groups excluding carboxylic acids is 1. The molecule has 3 nitrogen and oxygen atoms in total. The Hall–Kier alpha value is -2.23. The number of aromatic nitrogens is 1. The molecule has 0 spiro atoms. The number of benzene rings is 1. The quantitative estimate of drug-likeness (QED) is 0.777. The molecule has 0 radical (unpaired) electrons. The van der Waals surface area contributed by atoms with Crippen LogP contribution in [0.3, 0.4) is 0 Å². The lowest BCUT2D eigenvalue weighted by Crippen LogP contribution is -2.07. The molecule has 0 fully saturated rings. The standard InChI is InChI=1S/C14H12FNO2/c1-18-14-11(6-4-8-16-14)13(17)9-10-5-2-3-7-12(10)15/h2-8H,9H2,1H3. The van der Waals surface area contributed by atoms with Crippen molar-refractivity contribution in [2.75, 3.05) is 7.11 Å². The number of nitrogens with zero attached hydrogens (tertiary/aromatic N) is 1. The normalized spacial score (nSPS) is 10.1. The largest absolute Gasteiger partial charge is 0.480 e. The Kier molecular flexibility index (Phi) is 3.67. The molecule has 0 amide bonds. The van der Waals surface area contributed by atoms with Gasteiger partial charge in [0.25, 0.3) is 0 Å². The Morgan fingerprint density at radius 3 is 2.78 bits per heavy atom. The van der Waals surface area contributed by atoms with Crippen molar-refractivity contribution in [1.82, 2.24) is 4.98 Å². The molecule has 0 unspecified atom stereocenters. The number of ketones is 1. The maximum Gasteiger partial charge on any atom is 0.224 e. The van der Waals surface area contributed by atoms with Gasteiger partial charge in [0.1, 0.15) is 5.82 Å². The van der Waals surface area contributed by atoms with E-state index in [-0.39, 0.29) is 23.9 Å². The number of Topliss-reactive ketones (excluding diaryl/α,β-unsaturated/α-hetero) is 1. The fourth-order valence-electron chi connectivity index (χ4n) is 1.68. The summed E-state index contributed by atoms with van der Waals surface area (Å²) in [4.78, 5) is 16.0. The molecule has 0 aliphatic carbocycles. The maximum absolute atomic E-state index is 13.4. The van der Waals surface area contributed by atoms with Gasteiger partial charge in [-0.05, 0) is 23.8 Å². The van der Waals surface area contributed by atoms with E-state index in [0.717, 1.165) is 0 Å². The predicted octanol–water partition coefficient (Wildman–Crippen LogP) is 2.65. The molecule has 18 heavy (non-hydrogen) atoms. The number of carbonyl (C=O) groups is 1. The minimum atomic E-state index is -0.381. The second-order valence-corrected chi connectivity index (χ2v) is 3.75. The first-order chi connectivity index (χ1) is 8.72. The van der Waals surface area contributed by atoms with Crippen LogP contribution >= 0.6 is 0 Å². The van der Waals surface area contributed by atoms with Gasteiger partial charge in [-0.1, -0.05) is 18.2 Å². The average molecular weight is 245 g/mol. The highest BCUT2D eigenvalue weighted by atomic mass is 19.1. The summed E-state index contributed by atoms with van der Waals surface area (Å²) in [7, 11) is 1.45. The van der Waals surface area contributed by atoms with E-state index in [9.17, 15) is 9.18 Å². The van der Waals surface area contributed by atoms with Gasteiger partial charge in [-0.15, -0.1) is 0 Å². The fraction of sp³-hybridized carbons (Fsp3) is 0.143. The predicted molar refractivity (Wildman–Crippen MR) is 65.2 cm³/mol. The molecule has 0 aliphatic rings. The number of rotatable bonds is 4. The number of hydrogen-bond donors (Lipinski definition) is 0. The first kappa shape index (κ1) is 12.2. The molecular weight excluding hydrogens is 233 g/mol. The van der Waals surface area contributed by atoms with Crippen molar-refractivity contribution in [1.29, 1.82) is 0 Å². The Labute approximate surface area is 104 Å². The lowest BCUT2D eigenvalue weighted by atomic mass is 10.0. The summed E-state index contributed by atoms with van der Waals surface area (Å²) < 4.78 is 18.5. The van der Waals surface area contributed by atoms with Gasteiger partial charge in [-0.25, -0.2) is 9.37 Å². The lowest BCUT2D eigenvalue weighted by molar-refractivity contribution is 0.0988. The summed E-state index contributed by atoms with van der Waals surface area (Å²) in [5, 5.41) is 0. The van der Waals surface area contributed by atoms with E-state index in [1.807, 2.05) is 0 Å². The number of halogens is 1. The molecule has 2 rings (SSSR count). The van der Waals surface area contributed by atoms with E-state index < -0.39 is 0 Å². The van der Waals surface area contributed by atoms with Gasteiger partial charge in [0.2, 0.25) is 5.88 Å². The van der Waals surface area contributed by atoms with Crippen LogP contribution in [0, 0.1) is 5.82 Å². The molecule has 92 valence electrons. The molecule has 4 heteroatoms. The van der Waals surface area contributed by atoms with Gasteiger partial charge < -0.3 is 4.74 Å². The summed E-state index contributed by atoms with van der Waals surface area (Å²) in [6.45, 7) is 0. The molecule has 1 aromatic heterocycles. The Morgan fingerprint density at radius 2 is 2.06 bits per heavy atom. The molecule has 0 N–H and O–H groups in total. The molecule has 0 bridgehead atoms.